The SMILES string of the molecule is C=C(NCc1cnc(-c2scnc2C)cn1)[C@@H]1C[C@@H](O)CN1C(=O)[C@@H](CC(C)C)C(C)(C)C. The maximum absolute atomic E-state index is 13.6. The van der Waals surface area contributed by atoms with Crippen LogP contribution in [0.1, 0.15) is 58.8 Å². The molecule has 0 spiro atoms. The number of aryl methyl sites for hydroxylation is 1. The molecule has 1 amide bonds. The molecule has 1 aliphatic rings. The molecule has 0 aliphatic carbocycles. The van der Waals surface area contributed by atoms with Crippen LogP contribution in [0.3, 0.4) is 0 Å². The molecule has 7 nitrogen and oxygen atoms in total. The molecule has 3 rings (SSSR count). The molecule has 2 N–H and O–H groups in total. The highest BCUT2D eigenvalue weighted by Crippen LogP contribution is 2.35. The van der Waals surface area contributed by atoms with Gasteiger partial charge in [0.2, 0.25) is 5.91 Å². The Morgan fingerprint density at radius 3 is 2.58 bits per heavy atom. The zero-order chi connectivity index (χ0) is 24.3. The first-order valence-electron chi connectivity index (χ1n) is 11.6. The number of aliphatic hydroxyl groups excluding tert-OH is 1. The number of amides is 1. The number of aliphatic hydroxyl groups is 1. The molecular formula is C25H37N5O2S. The molecule has 2 aromatic heterocycles. The van der Waals surface area contributed by atoms with Gasteiger partial charge in [-0.2, -0.15) is 0 Å². The van der Waals surface area contributed by atoms with E-state index in [4.69, 9.17) is 0 Å². The Bertz CT molecular complexity index is 964. The summed E-state index contributed by atoms with van der Waals surface area (Å²) in [4.78, 5) is 29.7. The molecule has 3 heterocycles. The lowest BCUT2D eigenvalue weighted by Gasteiger charge is -2.36. The summed E-state index contributed by atoms with van der Waals surface area (Å²) >= 11 is 1.55. The molecule has 180 valence electrons. The van der Waals surface area contributed by atoms with E-state index in [1.165, 1.54) is 0 Å². The van der Waals surface area contributed by atoms with E-state index in [0.717, 1.165) is 34.1 Å². The van der Waals surface area contributed by atoms with Gasteiger partial charge in [0.1, 0.15) is 5.69 Å². The summed E-state index contributed by atoms with van der Waals surface area (Å²) < 4.78 is 0. The van der Waals surface area contributed by atoms with Gasteiger partial charge in [-0.25, -0.2) is 4.98 Å². The topological polar surface area (TPSA) is 91.2 Å². The zero-order valence-electron chi connectivity index (χ0n) is 20.6. The lowest BCUT2D eigenvalue weighted by atomic mass is 9.75. The minimum Gasteiger partial charge on any atom is -0.391 e. The van der Waals surface area contributed by atoms with Crippen molar-refractivity contribution in [2.75, 3.05) is 6.54 Å². The minimum atomic E-state index is -0.543. The summed E-state index contributed by atoms with van der Waals surface area (Å²) in [7, 11) is 0. The maximum atomic E-state index is 13.6. The minimum absolute atomic E-state index is 0.102. The molecule has 0 bridgehead atoms. The molecule has 2 aromatic rings. The van der Waals surface area contributed by atoms with Crippen LogP contribution in [0.15, 0.2) is 30.2 Å². The highest BCUT2D eigenvalue weighted by atomic mass is 32.1. The number of hydrogen-bond acceptors (Lipinski definition) is 7. The van der Waals surface area contributed by atoms with Crippen molar-refractivity contribution in [1.29, 1.82) is 0 Å². The van der Waals surface area contributed by atoms with Gasteiger partial charge >= 0.3 is 0 Å². The predicted octanol–water partition coefficient (Wildman–Crippen LogP) is 4.18. The van der Waals surface area contributed by atoms with Crippen LogP contribution in [0, 0.1) is 24.2 Å². The fourth-order valence-electron chi connectivity index (χ4n) is 4.32. The van der Waals surface area contributed by atoms with E-state index in [1.807, 2.05) is 11.8 Å². The van der Waals surface area contributed by atoms with E-state index in [-0.39, 0.29) is 23.3 Å². The Hall–Kier alpha value is -2.32. The van der Waals surface area contributed by atoms with E-state index in [0.29, 0.717) is 25.4 Å². The third-order valence-corrected chi connectivity index (χ3v) is 7.15. The highest BCUT2D eigenvalue weighted by Gasteiger charge is 2.42. The van der Waals surface area contributed by atoms with Gasteiger partial charge in [-0.1, -0.05) is 41.2 Å². The fourth-order valence-corrected chi connectivity index (χ4v) is 5.08. The summed E-state index contributed by atoms with van der Waals surface area (Å²) in [6.45, 7) is 17.6. The van der Waals surface area contributed by atoms with Crippen LogP contribution in [0.4, 0.5) is 0 Å². The van der Waals surface area contributed by atoms with Crippen molar-refractivity contribution >= 4 is 17.2 Å². The van der Waals surface area contributed by atoms with Crippen LogP contribution >= 0.6 is 11.3 Å². The van der Waals surface area contributed by atoms with Crippen molar-refractivity contribution in [3.63, 3.8) is 0 Å². The van der Waals surface area contributed by atoms with Gasteiger partial charge in [0.25, 0.3) is 0 Å². The van der Waals surface area contributed by atoms with Gasteiger partial charge in [-0.15, -0.1) is 11.3 Å². The van der Waals surface area contributed by atoms with Crippen molar-refractivity contribution in [3.8, 4) is 10.6 Å². The van der Waals surface area contributed by atoms with Crippen molar-refractivity contribution in [2.45, 2.75) is 73.1 Å². The van der Waals surface area contributed by atoms with Gasteiger partial charge in [-0.3, -0.25) is 14.8 Å². The molecule has 0 unspecified atom stereocenters. The second-order valence-corrected chi connectivity index (χ2v) is 11.3. The van der Waals surface area contributed by atoms with Gasteiger partial charge in [0, 0.05) is 24.6 Å². The summed E-state index contributed by atoms with van der Waals surface area (Å²) in [5, 5.41) is 13.7. The smallest absolute Gasteiger partial charge is 0.226 e. The van der Waals surface area contributed by atoms with Crippen molar-refractivity contribution < 1.29 is 9.90 Å². The molecule has 0 aromatic carbocycles. The predicted molar refractivity (Wildman–Crippen MR) is 132 cm³/mol. The maximum Gasteiger partial charge on any atom is 0.226 e. The number of hydrogen-bond donors (Lipinski definition) is 2. The van der Waals surface area contributed by atoms with Crippen LogP contribution in [0.25, 0.3) is 10.6 Å². The molecule has 0 radical (unpaired) electrons. The van der Waals surface area contributed by atoms with Gasteiger partial charge in [0.05, 0.1) is 52.9 Å². The highest BCUT2D eigenvalue weighted by molar-refractivity contribution is 7.13. The molecule has 1 fully saturated rings. The third-order valence-electron chi connectivity index (χ3n) is 6.19. The van der Waals surface area contributed by atoms with Crippen LogP contribution in [-0.2, 0) is 11.3 Å². The Balaban J connectivity index is 1.66. The average Bonchev–Trinajstić information content (AvgIpc) is 3.35. The third kappa shape index (κ3) is 6.18. The first-order valence-corrected chi connectivity index (χ1v) is 12.5. The lowest BCUT2D eigenvalue weighted by molar-refractivity contribution is -0.140. The standard InChI is InChI=1S/C25H37N5O2S/c1-15(2)8-20(25(5,6)7)24(32)30-13-19(31)9-22(30)16(3)26-10-18-11-28-21(12-27-18)23-17(4)29-14-33-23/h11-12,14-15,19-20,22,26,31H,3,8-10,13H2,1-2,4-7H3/t19-,20-,22+/m1/s1. The average molecular weight is 472 g/mol. The molecule has 1 aliphatic heterocycles. The van der Waals surface area contributed by atoms with E-state index in [2.05, 4.69) is 61.5 Å². The van der Waals surface area contributed by atoms with Crippen LogP contribution in [0.5, 0.6) is 0 Å². The number of likely N-dealkylation sites (tertiary alicyclic amines) is 1. The molecule has 3 atom stereocenters. The molecular weight excluding hydrogens is 434 g/mol. The number of thiazole rings is 1. The number of aromatic nitrogens is 3. The van der Waals surface area contributed by atoms with Crippen molar-refractivity contribution in [3.05, 3.63) is 41.6 Å². The van der Waals surface area contributed by atoms with E-state index in [9.17, 15) is 9.90 Å². The van der Waals surface area contributed by atoms with Crippen LogP contribution in [0.2, 0.25) is 0 Å². The van der Waals surface area contributed by atoms with Gasteiger partial charge < -0.3 is 15.3 Å². The molecule has 33 heavy (non-hydrogen) atoms. The first kappa shape index (κ1) is 25.3. The largest absolute Gasteiger partial charge is 0.391 e. The number of β-amino-alcohol motifs (C(OH)–C–C–N with tert-alkyl or cyclic N) is 1. The molecule has 0 saturated carbocycles. The second kappa shape index (κ2) is 10.3. The monoisotopic (exact) mass is 471 g/mol. The Labute approximate surface area is 201 Å². The number of nitrogens with one attached hydrogen (secondary N) is 1. The number of nitrogens with zero attached hydrogens (tertiary/aromatic N) is 4. The molecule has 8 heteroatoms. The van der Waals surface area contributed by atoms with E-state index >= 15 is 0 Å². The van der Waals surface area contributed by atoms with E-state index in [1.54, 1.807) is 29.2 Å². The number of rotatable bonds is 8. The summed E-state index contributed by atoms with van der Waals surface area (Å²) in [5.41, 5.74) is 4.92. The quantitative estimate of drug-likeness (QED) is 0.600. The van der Waals surface area contributed by atoms with Gasteiger partial charge in [0.15, 0.2) is 0 Å². The zero-order valence-corrected chi connectivity index (χ0v) is 21.4. The van der Waals surface area contributed by atoms with Crippen LogP contribution in [-0.4, -0.2) is 49.6 Å². The number of carbonyl (C=O) groups excluding carboxylic acids is 1. The summed E-state index contributed by atoms with van der Waals surface area (Å²) in [5.74, 6) is 0.414. The Morgan fingerprint density at radius 1 is 1.30 bits per heavy atom. The van der Waals surface area contributed by atoms with Crippen LogP contribution < -0.4 is 5.32 Å². The number of carbonyl (C=O) groups is 1. The summed E-state index contributed by atoms with van der Waals surface area (Å²) in [6.07, 6.45) is 4.28. The summed E-state index contributed by atoms with van der Waals surface area (Å²) in [6, 6.07) is -0.239. The lowest BCUT2D eigenvalue weighted by Crippen LogP contribution is -2.46. The second-order valence-electron chi connectivity index (χ2n) is 10.5. The fraction of sp³-hybridized carbons (Fsp3) is 0.600. The normalized spacial score (nSPS) is 19.7. The Morgan fingerprint density at radius 2 is 2.03 bits per heavy atom. The van der Waals surface area contributed by atoms with E-state index < -0.39 is 6.10 Å². The molecule has 1 saturated heterocycles. The van der Waals surface area contributed by atoms with Crippen molar-refractivity contribution in [1.82, 2.24) is 25.2 Å². The Kier molecular flexibility index (Phi) is 7.90. The van der Waals surface area contributed by atoms with Crippen molar-refractivity contribution in [2.24, 2.45) is 17.3 Å². The first-order chi connectivity index (χ1) is 15.5. The van der Waals surface area contributed by atoms with Gasteiger partial charge in [-0.05, 0) is 24.7 Å².